The Labute approximate surface area is 161 Å². The molecule has 3 aromatic rings. The molecule has 0 aliphatic carbocycles. The molecule has 0 unspecified atom stereocenters. The van der Waals surface area contributed by atoms with Crippen molar-refractivity contribution in [3.63, 3.8) is 0 Å². The first-order valence-electron chi connectivity index (χ1n) is 8.46. The van der Waals surface area contributed by atoms with E-state index in [2.05, 4.69) is 10.1 Å². The summed E-state index contributed by atoms with van der Waals surface area (Å²) in [7, 11) is 0. The zero-order valence-corrected chi connectivity index (χ0v) is 14.8. The SMILES string of the molecule is O=C(CCCn1c(=O)oc2cc([N+](=O)[O-])ccc21)Nc1ccc(OC(F)F)cc1. The number of nitrogens with zero attached hydrogens (tertiary/aromatic N) is 2. The molecule has 1 heterocycles. The van der Waals surface area contributed by atoms with Gasteiger partial charge in [-0.25, -0.2) is 4.79 Å². The maximum absolute atomic E-state index is 12.1. The van der Waals surface area contributed by atoms with Crippen LogP contribution in [0.5, 0.6) is 5.75 Å². The number of rotatable bonds is 8. The largest absolute Gasteiger partial charge is 0.435 e. The van der Waals surface area contributed by atoms with Crippen molar-refractivity contribution >= 4 is 28.4 Å². The van der Waals surface area contributed by atoms with Crippen molar-refractivity contribution in [2.24, 2.45) is 0 Å². The molecule has 0 bridgehead atoms. The summed E-state index contributed by atoms with van der Waals surface area (Å²) < 4.78 is 34.8. The van der Waals surface area contributed by atoms with E-state index in [4.69, 9.17) is 4.42 Å². The van der Waals surface area contributed by atoms with Crippen LogP contribution in [0.1, 0.15) is 12.8 Å². The summed E-state index contributed by atoms with van der Waals surface area (Å²) >= 11 is 0. The van der Waals surface area contributed by atoms with Crippen LogP contribution in [0.25, 0.3) is 11.1 Å². The normalized spacial score (nSPS) is 11.0. The highest BCUT2D eigenvalue weighted by atomic mass is 19.3. The van der Waals surface area contributed by atoms with E-state index in [0.717, 1.165) is 0 Å². The summed E-state index contributed by atoms with van der Waals surface area (Å²) in [4.78, 5) is 34.2. The number of amides is 1. The Balaban J connectivity index is 1.57. The molecule has 152 valence electrons. The van der Waals surface area contributed by atoms with E-state index >= 15 is 0 Å². The molecule has 1 amide bonds. The molecule has 0 aliphatic rings. The van der Waals surface area contributed by atoms with E-state index in [9.17, 15) is 28.5 Å². The number of hydrogen-bond donors (Lipinski definition) is 1. The number of hydrogen-bond acceptors (Lipinski definition) is 6. The van der Waals surface area contributed by atoms with Crippen LogP contribution >= 0.6 is 0 Å². The van der Waals surface area contributed by atoms with E-state index < -0.39 is 17.3 Å². The number of fused-ring (bicyclic) bond motifs is 1. The molecule has 29 heavy (non-hydrogen) atoms. The second-order valence-corrected chi connectivity index (χ2v) is 5.98. The molecule has 0 fully saturated rings. The summed E-state index contributed by atoms with van der Waals surface area (Å²) in [5.74, 6) is -1.02. The van der Waals surface area contributed by atoms with Gasteiger partial charge in [-0.1, -0.05) is 0 Å². The van der Waals surface area contributed by atoms with E-state index in [1.807, 2.05) is 0 Å². The third kappa shape index (κ3) is 4.94. The van der Waals surface area contributed by atoms with Gasteiger partial charge in [0.2, 0.25) is 5.91 Å². The van der Waals surface area contributed by atoms with Crippen molar-refractivity contribution in [1.82, 2.24) is 4.57 Å². The van der Waals surface area contributed by atoms with Gasteiger partial charge in [-0.2, -0.15) is 8.78 Å². The molecule has 0 saturated carbocycles. The Morgan fingerprint density at radius 3 is 2.62 bits per heavy atom. The van der Waals surface area contributed by atoms with Gasteiger partial charge in [-0.3, -0.25) is 19.5 Å². The molecular weight excluding hydrogens is 392 g/mol. The van der Waals surface area contributed by atoms with Gasteiger partial charge in [-0.05, 0) is 36.8 Å². The number of ether oxygens (including phenoxy) is 1. The van der Waals surface area contributed by atoms with Crippen LogP contribution in [0.2, 0.25) is 0 Å². The number of carbonyl (C=O) groups excluding carboxylic acids is 1. The fourth-order valence-corrected chi connectivity index (χ4v) is 2.72. The fourth-order valence-electron chi connectivity index (χ4n) is 2.72. The second-order valence-electron chi connectivity index (χ2n) is 5.98. The van der Waals surface area contributed by atoms with Gasteiger partial charge in [0.05, 0.1) is 16.5 Å². The lowest BCUT2D eigenvalue weighted by Gasteiger charge is -2.08. The third-order valence-electron chi connectivity index (χ3n) is 4.01. The molecule has 2 aromatic carbocycles. The van der Waals surface area contributed by atoms with Gasteiger partial charge in [-0.15, -0.1) is 0 Å². The summed E-state index contributed by atoms with van der Waals surface area (Å²) in [6, 6.07) is 9.31. The molecule has 3 rings (SSSR count). The minimum Gasteiger partial charge on any atom is -0.435 e. The molecule has 0 atom stereocenters. The average molecular weight is 407 g/mol. The zero-order chi connectivity index (χ0) is 21.0. The maximum Gasteiger partial charge on any atom is 0.419 e. The molecule has 9 nitrogen and oxygen atoms in total. The second kappa shape index (κ2) is 8.50. The van der Waals surface area contributed by atoms with Crippen molar-refractivity contribution < 1.29 is 27.7 Å². The monoisotopic (exact) mass is 407 g/mol. The lowest BCUT2D eigenvalue weighted by molar-refractivity contribution is -0.384. The number of oxazole rings is 1. The van der Waals surface area contributed by atoms with Crippen molar-refractivity contribution in [2.75, 3.05) is 5.32 Å². The predicted molar refractivity (Wildman–Crippen MR) is 98.1 cm³/mol. The van der Waals surface area contributed by atoms with E-state index in [0.29, 0.717) is 17.6 Å². The summed E-state index contributed by atoms with van der Waals surface area (Å²) in [6.45, 7) is -2.75. The minimum absolute atomic E-state index is 0.0237. The van der Waals surface area contributed by atoms with Crippen LogP contribution in [0.3, 0.4) is 0 Å². The van der Waals surface area contributed by atoms with Gasteiger partial charge in [0.25, 0.3) is 5.69 Å². The highest BCUT2D eigenvalue weighted by Crippen LogP contribution is 2.21. The first kappa shape index (κ1) is 20.0. The number of anilines is 1. The Hall–Kier alpha value is -3.76. The quantitative estimate of drug-likeness (QED) is 0.451. The summed E-state index contributed by atoms with van der Waals surface area (Å²) in [5.41, 5.74) is 0.716. The topological polar surface area (TPSA) is 117 Å². The van der Waals surface area contributed by atoms with E-state index in [1.165, 1.54) is 47.0 Å². The Bertz CT molecular complexity index is 1090. The van der Waals surface area contributed by atoms with Gasteiger partial charge in [0, 0.05) is 24.7 Å². The molecule has 0 aliphatic heterocycles. The zero-order valence-electron chi connectivity index (χ0n) is 14.8. The number of non-ortho nitro benzene ring substituents is 1. The Kier molecular flexibility index (Phi) is 5.86. The first-order chi connectivity index (χ1) is 13.8. The molecular formula is C18H15F2N3O6. The van der Waals surface area contributed by atoms with Crippen molar-refractivity contribution in [2.45, 2.75) is 26.0 Å². The van der Waals surface area contributed by atoms with Gasteiger partial charge >= 0.3 is 12.4 Å². The highest BCUT2D eigenvalue weighted by molar-refractivity contribution is 5.90. The van der Waals surface area contributed by atoms with Crippen molar-refractivity contribution in [1.29, 1.82) is 0 Å². The van der Waals surface area contributed by atoms with Crippen LogP contribution in [-0.2, 0) is 11.3 Å². The first-order valence-corrected chi connectivity index (χ1v) is 8.46. The number of alkyl halides is 2. The molecule has 0 saturated heterocycles. The standard InChI is InChI=1S/C18H15F2N3O6/c19-17(20)28-13-6-3-11(4-7-13)21-16(24)2-1-9-22-14-8-5-12(23(26)27)10-15(14)29-18(22)25/h3-8,10,17H,1-2,9H2,(H,21,24). The van der Waals surface area contributed by atoms with Crippen LogP contribution in [0, 0.1) is 10.1 Å². The van der Waals surface area contributed by atoms with Crippen LogP contribution in [0.15, 0.2) is 51.7 Å². The van der Waals surface area contributed by atoms with Gasteiger partial charge in [0.1, 0.15) is 5.75 Å². The minimum atomic E-state index is -2.93. The lowest BCUT2D eigenvalue weighted by atomic mass is 10.2. The molecule has 1 aromatic heterocycles. The molecule has 11 heteroatoms. The number of carbonyl (C=O) groups is 1. The van der Waals surface area contributed by atoms with Crippen LogP contribution in [-0.4, -0.2) is 22.0 Å². The smallest absolute Gasteiger partial charge is 0.419 e. The van der Waals surface area contributed by atoms with Crippen LogP contribution < -0.4 is 15.8 Å². The Morgan fingerprint density at radius 2 is 1.97 bits per heavy atom. The summed E-state index contributed by atoms with van der Waals surface area (Å²) in [6.07, 6.45) is 0.394. The number of nitrogens with one attached hydrogen (secondary N) is 1. The number of nitro benzene ring substituents is 1. The Morgan fingerprint density at radius 1 is 1.24 bits per heavy atom. The van der Waals surface area contributed by atoms with Crippen molar-refractivity contribution in [3.05, 3.63) is 63.1 Å². The lowest BCUT2D eigenvalue weighted by Crippen LogP contribution is -2.17. The number of benzene rings is 2. The summed E-state index contributed by atoms with van der Waals surface area (Å²) in [5, 5.41) is 13.4. The average Bonchev–Trinajstić information content (AvgIpc) is 2.97. The number of halogens is 2. The number of nitro groups is 1. The van der Waals surface area contributed by atoms with Gasteiger partial charge < -0.3 is 14.5 Å². The third-order valence-corrected chi connectivity index (χ3v) is 4.01. The highest BCUT2D eigenvalue weighted by Gasteiger charge is 2.14. The van der Waals surface area contributed by atoms with Crippen molar-refractivity contribution in [3.8, 4) is 5.75 Å². The molecule has 1 N–H and O–H groups in total. The number of aromatic nitrogens is 1. The maximum atomic E-state index is 12.1. The molecule has 0 radical (unpaired) electrons. The number of aryl methyl sites for hydroxylation is 1. The molecule has 0 spiro atoms. The van der Waals surface area contributed by atoms with E-state index in [1.54, 1.807) is 0 Å². The van der Waals surface area contributed by atoms with Gasteiger partial charge in [0.15, 0.2) is 5.58 Å². The fraction of sp³-hybridized carbons (Fsp3) is 0.222. The predicted octanol–water partition coefficient (Wildman–Crippen LogP) is 3.52. The van der Waals surface area contributed by atoms with Crippen LogP contribution in [0.4, 0.5) is 20.2 Å². The van der Waals surface area contributed by atoms with E-state index in [-0.39, 0.29) is 35.9 Å².